The van der Waals surface area contributed by atoms with Gasteiger partial charge in [0, 0.05) is 26.0 Å². The lowest BCUT2D eigenvalue weighted by Gasteiger charge is -1.89. The third-order valence-electron chi connectivity index (χ3n) is 2.04. The molecule has 0 amide bonds. The van der Waals surface area contributed by atoms with Crippen molar-refractivity contribution < 1.29 is 4.52 Å². The molecule has 2 aromatic heterocycles. The molecule has 5 nitrogen and oxygen atoms in total. The van der Waals surface area contributed by atoms with Crippen molar-refractivity contribution >= 4 is 22.6 Å². The van der Waals surface area contributed by atoms with Gasteiger partial charge in [-0.2, -0.15) is 9.90 Å². The van der Waals surface area contributed by atoms with Gasteiger partial charge < -0.3 is 4.52 Å². The molecule has 15 heavy (non-hydrogen) atoms. The Bertz CT molecular complexity index is 462. The monoisotopic (exact) mass is 318 g/mol. The molecular formula is C9H11IN4O. The molecule has 0 fully saturated rings. The van der Waals surface area contributed by atoms with Gasteiger partial charge in [-0.15, -0.1) is 5.10 Å². The molecule has 0 N–H and O–H groups in total. The van der Waals surface area contributed by atoms with E-state index >= 15 is 0 Å². The zero-order chi connectivity index (χ0) is 10.8. The molecule has 2 rings (SSSR count). The van der Waals surface area contributed by atoms with Crippen molar-refractivity contribution in [2.75, 3.05) is 0 Å². The molecule has 0 saturated carbocycles. The van der Waals surface area contributed by atoms with Crippen LogP contribution in [0.1, 0.15) is 24.1 Å². The number of rotatable bonds is 3. The van der Waals surface area contributed by atoms with Crippen LogP contribution in [0.3, 0.4) is 0 Å². The Morgan fingerprint density at radius 3 is 2.80 bits per heavy atom. The number of hydrogen-bond acceptors (Lipinski definition) is 4. The van der Waals surface area contributed by atoms with Crippen molar-refractivity contribution in [3.63, 3.8) is 0 Å². The standard InChI is InChI=1S/C9H11IN4O/c1-3-7-4-6(13-15-7)5-8-9(10)12-14(2)11-8/h4H,3,5H2,1-2H3. The van der Waals surface area contributed by atoms with E-state index in [9.17, 15) is 0 Å². The minimum absolute atomic E-state index is 0.676. The van der Waals surface area contributed by atoms with Crippen LogP contribution >= 0.6 is 22.6 Å². The van der Waals surface area contributed by atoms with E-state index in [2.05, 4.69) is 37.9 Å². The van der Waals surface area contributed by atoms with Gasteiger partial charge in [-0.3, -0.25) is 0 Å². The summed E-state index contributed by atoms with van der Waals surface area (Å²) in [4.78, 5) is 1.57. The fraction of sp³-hybridized carbons (Fsp3) is 0.444. The number of aryl methyl sites for hydroxylation is 2. The van der Waals surface area contributed by atoms with E-state index < -0.39 is 0 Å². The summed E-state index contributed by atoms with van der Waals surface area (Å²) in [5.41, 5.74) is 1.85. The van der Waals surface area contributed by atoms with Gasteiger partial charge in [0.1, 0.15) is 15.2 Å². The topological polar surface area (TPSA) is 56.7 Å². The van der Waals surface area contributed by atoms with Crippen molar-refractivity contribution in [1.82, 2.24) is 20.2 Å². The minimum atomic E-state index is 0.676. The Labute approximate surface area is 101 Å². The third kappa shape index (κ3) is 2.36. The van der Waals surface area contributed by atoms with Crippen molar-refractivity contribution in [1.29, 1.82) is 0 Å². The highest BCUT2D eigenvalue weighted by molar-refractivity contribution is 14.1. The number of halogens is 1. The maximum atomic E-state index is 5.13. The highest BCUT2D eigenvalue weighted by atomic mass is 127. The summed E-state index contributed by atoms with van der Waals surface area (Å²) in [6.07, 6.45) is 1.54. The van der Waals surface area contributed by atoms with Crippen molar-refractivity contribution in [2.24, 2.45) is 7.05 Å². The van der Waals surface area contributed by atoms with Gasteiger partial charge in [0.2, 0.25) is 0 Å². The van der Waals surface area contributed by atoms with Crippen molar-refractivity contribution in [3.05, 3.63) is 26.9 Å². The van der Waals surface area contributed by atoms with E-state index in [1.54, 1.807) is 4.80 Å². The van der Waals surface area contributed by atoms with E-state index in [0.717, 1.165) is 27.3 Å². The van der Waals surface area contributed by atoms with Crippen LogP contribution in [0.15, 0.2) is 10.6 Å². The first-order valence-corrected chi connectivity index (χ1v) is 5.77. The Balaban J connectivity index is 2.17. The quantitative estimate of drug-likeness (QED) is 0.806. The van der Waals surface area contributed by atoms with Gasteiger partial charge in [0.15, 0.2) is 0 Å². The van der Waals surface area contributed by atoms with Gasteiger partial charge in [-0.1, -0.05) is 12.1 Å². The lowest BCUT2D eigenvalue weighted by atomic mass is 10.2. The van der Waals surface area contributed by atoms with Crippen molar-refractivity contribution in [2.45, 2.75) is 19.8 Å². The highest BCUT2D eigenvalue weighted by Gasteiger charge is 2.10. The van der Waals surface area contributed by atoms with Crippen LogP contribution < -0.4 is 0 Å². The summed E-state index contributed by atoms with van der Waals surface area (Å²) in [5.74, 6) is 0.906. The Morgan fingerprint density at radius 2 is 2.27 bits per heavy atom. The van der Waals surface area contributed by atoms with E-state index in [1.165, 1.54) is 0 Å². The minimum Gasteiger partial charge on any atom is -0.361 e. The molecule has 0 aliphatic rings. The smallest absolute Gasteiger partial charge is 0.147 e. The average Bonchev–Trinajstić information content (AvgIpc) is 2.75. The average molecular weight is 318 g/mol. The van der Waals surface area contributed by atoms with Crippen LogP contribution in [-0.2, 0) is 19.9 Å². The fourth-order valence-corrected chi connectivity index (χ4v) is 1.92. The molecular weight excluding hydrogens is 307 g/mol. The first kappa shape index (κ1) is 10.6. The molecule has 0 aliphatic heterocycles. The predicted molar refractivity (Wildman–Crippen MR) is 62.4 cm³/mol. The van der Waals surface area contributed by atoms with Crippen LogP contribution in [0.4, 0.5) is 0 Å². The lowest BCUT2D eigenvalue weighted by molar-refractivity contribution is 0.381. The van der Waals surface area contributed by atoms with E-state index in [1.807, 2.05) is 20.0 Å². The Morgan fingerprint density at radius 1 is 1.47 bits per heavy atom. The van der Waals surface area contributed by atoms with Crippen LogP contribution in [0.2, 0.25) is 0 Å². The molecule has 0 radical (unpaired) electrons. The maximum absolute atomic E-state index is 5.13. The molecule has 2 heterocycles. The zero-order valence-corrected chi connectivity index (χ0v) is 10.7. The second kappa shape index (κ2) is 4.30. The van der Waals surface area contributed by atoms with Gasteiger partial charge in [0.05, 0.1) is 5.69 Å². The van der Waals surface area contributed by atoms with Gasteiger partial charge in [-0.25, -0.2) is 0 Å². The first-order chi connectivity index (χ1) is 7.19. The summed E-state index contributed by atoms with van der Waals surface area (Å²) in [6.45, 7) is 2.04. The van der Waals surface area contributed by atoms with E-state index in [4.69, 9.17) is 4.52 Å². The van der Waals surface area contributed by atoms with E-state index in [0.29, 0.717) is 6.42 Å². The molecule has 0 unspecified atom stereocenters. The molecule has 0 saturated heterocycles. The Hall–Kier alpha value is -0.920. The predicted octanol–water partition coefficient (Wildman–Crippen LogP) is 1.56. The van der Waals surface area contributed by atoms with E-state index in [-0.39, 0.29) is 0 Å². The van der Waals surface area contributed by atoms with Crippen LogP contribution in [-0.4, -0.2) is 20.2 Å². The van der Waals surface area contributed by atoms with Crippen LogP contribution in [0, 0.1) is 3.70 Å². The SMILES string of the molecule is CCc1cc(Cc2nn(C)nc2I)no1. The summed E-state index contributed by atoms with van der Waals surface area (Å²) in [6, 6.07) is 1.96. The normalized spacial score (nSPS) is 10.9. The summed E-state index contributed by atoms with van der Waals surface area (Å²) in [7, 11) is 1.81. The molecule has 0 spiro atoms. The van der Waals surface area contributed by atoms with Crippen molar-refractivity contribution in [3.8, 4) is 0 Å². The molecule has 0 atom stereocenters. The highest BCUT2D eigenvalue weighted by Crippen LogP contribution is 2.12. The summed E-state index contributed by atoms with van der Waals surface area (Å²) in [5, 5.41) is 12.4. The van der Waals surface area contributed by atoms with Crippen LogP contribution in [0.25, 0.3) is 0 Å². The molecule has 6 heteroatoms. The first-order valence-electron chi connectivity index (χ1n) is 4.69. The van der Waals surface area contributed by atoms with Gasteiger partial charge >= 0.3 is 0 Å². The van der Waals surface area contributed by atoms with Gasteiger partial charge in [-0.05, 0) is 22.6 Å². The largest absolute Gasteiger partial charge is 0.361 e. The maximum Gasteiger partial charge on any atom is 0.147 e. The Kier molecular flexibility index (Phi) is 3.03. The zero-order valence-electron chi connectivity index (χ0n) is 8.57. The lowest BCUT2D eigenvalue weighted by Crippen LogP contribution is -1.94. The molecule has 0 bridgehead atoms. The summed E-state index contributed by atoms with van der Waals surface area (Å²) >= 11 is 2.17. The second-order valence-electron chi connectivity index (χ2n) is 3.24. The second-order valence-corrected chi connectivity index (χ2v) is 4.26. The molecule has 0 aliphatic carbocycles. The number of nitrogens with zero attached hydrogens (tertiary/aromatic N) is 4. The van der Waals surface area contributed by atoms with Crippen LogP contribution in [0.5, 0.6) is 0 Å². The number of aromatic nitrogens is 4. The summed E-state index contributed by atoms with van der Waals surface area (Å²) < 4.78 is 6.04. The third-order valence-corrected chi connectivity index (χ3v) is 2.88. The fourth-order valence-electron chi connectivity index (χ4n) is 1.31. The molecule has 2 aromatic rings. The molecule has 80 valence electrons. The molecule has 0 aromatic carbocycles. The van der Waals surface area contributed by atoms with Gasteiger partial charge in [0.25, 0.3) is 0 Å². The number of hydrogen-bond donors (Lipinski definition) is 0.